The molecule has 0 aromatic heterocycles. The van der Waals surface area contributed by atoms with Gasteiger partial charge in [-0.3, -0.25) is 0 Å². The van der Waals surface area contributed by atoms with Crippen molar-refractivity contribution in [3.05, 3.63) is 29.8 Å². The maximum atomic E-state index is 5.20. The van der Waals surface area contributed by atoms with E-state index in [4.69, 9.17) is 4.74 Å². The van der Waals surface area contributed by atoms with E-state index in [2.05, 4.69) is 29.6 Å². The lowest BCUT2D eigenvalue weighted by atomic mass is 9.86. The molecule has 1 saturated heterocycles. The Hall–Kier alpha value is -1.02. The summed E-state index contributed by atoms with van der Waals surface area (Å²) in [5.41, 5.74) is 1.47. The molecule has 1 aliphatic carbocycles. The van der Waals surface area contributed by atoms with Crippen molar-refractivity contribution in [1.82, 2.24) is 5.32 Å². The van der Waals surface area contributed by atoms with Crippen LogP contribution in [0.4, 0.5) is 0 Å². The molecule has 2 heteroatoms. The van der Waals surface area contributed by atoms with E-state index < -0.39 is 0 Å². The van der Waals surface area contributed by atoms with Crippen LogP contribution in [0.15, 0.2) is 24.3 Å². The van der Waals surface area contributed by atoms with Crippen LogP contribution in [0.1, 0.15) is 30.7 Å². The van der Waals surface area contributed by atoms with Gasteiger partial charge >= 0.3 is 0 Å². The number of ether oxygens (including phenoxy) is 1. The number of hydrogen-bond donors (Lipinski definition) is 1. The SMILES string of the molecule is COc1ccc([C@@H]2CN[C@@H]3CCC[C@H]32)cc1. The number of nitrogens with one attached hydrogen (secondary N) is 1. The molecule has 0 bridgehead atoms. The molecule has 1 aliphatic heterocycles. The van der Waals surface area contributed by atoms with E-state index in [9.17, 15) is 0 Å². The fourth-order valence-corrected chi connectivity index (χ4v) is 3.37. The van der Waals surface area contributed by atoms with Crippen LogP contribution in [0.2, 0.25) is 0 Å². The first-order valence-electron chi connectivity index (χ1n) is 6.26. The number of methoxy groups -OCH3 is 1. The number of benzene rings is 1. The molecular formula is C14H19NO. The Labute approximate surface area is 97.0 Å². The summed E-state index contributed by atoms with van der Waals surface area (Å²) >= 11 is 0. The third-order valence-corrected chi connectivity index (χ3v) is 4.23. The Morgan fingerprint density at radius 1 is 1.19 bits per heavy atom. The summed E-state index contributed by atoms with van der Waals surface area (Å²) in [6.07, 6.45) is 4.17. The first kappa shape index (κ1) is 10.2. The molecule has 1 N–H and O–H groups in total. The fourth-order valence-electron chi connectivity index (χ4n) is 3.37. The fraction of sp³-hybridized carbons (Fsp3) is 0.571. The zero-order valence-corrected chi connectivity index (χ0v) is 9.78. The normalized spacial score (nSPS) is 32.7. The minimum absolute atomic E-state index is 0.721. The van der Waals surface area contributed by atoms with Crippen LogP contribution in [0.5, 0.6) is 5.75 Å². The monoisotopic (exact) mass is 217 g/mol. The molecule has 86 valence electrons. The van der Waals surface area contributed by atoms with Gasteiger partial charge in [-0.1, -0.05) is 18.6 Å². The highest BCUT2D eigenvalue weighted by atomic mass is 16.5. The molecule has 1 saturated carbocycles. The maximum absolute atomic E-state index is 5.20. The van der Waals surface area contributed by atoms with Gasteiger partial charge in [0.15, 0.2) is 0 Å². The smallest absolute Gasteiger partial charge is 0.118 e. The molecule has 0 spiro atoms. The molecule has 0 amide bonds. The molecule has 2 nitrogen and oxygen atoms in total. The predicted molar refractivity (Wildman–Crippen MR) is 64.9 cm³/mol. The van der Waals surface area contributed by atoms with Gasteiger partial charge in [-0.2, -0.15) is 0 Å². The molecule has 1 heterocycles. The van der Waals surface area contributed by atoms with Gasteiger partial charge in [0.2, 0.25) is 0 Å². The summed E-state index contributed by atoms with van der Waals surface area (Å²) in [4.78, 5) is 0. The van der Waals surface area contributed by atoms with Crippen LogP contribution in [-0.4, -0.2) is 19.7 Å². The minimum atomic E-state index is 0.721. The first-order chi connectivity index (χ1) is 7.88. The minimum Gasteiger partial charge on any atom is -0.497 e. The highest BCUT2D eigenvalue weighted by Crippen LogP contribution is 2.41. The van der Waals surface area contributed by atoms with E-state index in [0.717, 1.165) is 30.2 Å². The lowest BCUT2D eigenvalue weighted by molar-refractivity contribution is 0.414. The molecule has 2 aliphatic rings. The van der Waals surface area contributed by atoms with Crippen LogP contribution < -0.4 is 10.1 Å². The molecular weight excluding hydrogens is 198 g/mol. The van der Waals surface area contributed by atoms with E-state index in [0.29, 0.717) is 0 Å². The van der Waals surface area contributed by atoms with Crippen molar-refractivity contribution in [1.29, 1.82) is 0 Å². The standard InChI is InChI=1S/C14H19NO/c1-16-11-7-5-10(6-8-11)13-9-15-14-4-2-3-12(13)14/h5-8,12-15H,2-4,9H2,1H3/t12-,13-,14+/m0/s1. The largest absolute Gasteiger partial charge is 0.497 e. The highest BCUT2D eigenvalue weighted by molar-refractivity contribution is 5.31. The first-order valence-corrected chi connectivity index (χ1v) is 6.26. The van der Waals surface area contributed by atoms with Crippen LogP contribution in [0.3, 0.4) is 0 Å². The molecule has 1 aromatic rings. The average Bonchev–Trinajstić information content (AvgIpc) is 2.91. The van der Waals surface area contributed by atoms with Gasteiger partial charge in [0.1, 0.15) is 5.75 Å². The van der Waals surface area contributed by atoms with Gasteiger partial charge in [0.25, 0.3) is 0 Å². The summed E-state index contributed by atoms with van der Waals surface area (Å²) in [5, 5.41) is 3.66. The summed E-state index contributed by atoms with van der Waals surface area (Å²) in [6.45, 7) is 1.15. The van der Waals surface area contributed by atoms with Crippen molar-refractivity contribution in [2.75, 3.05) is 13.7 Å². The summed E-state index contributed by atoms with van der Waals surface area (Å²) < 4.78 is 5.20. The quantitative estimate of drug-likeness (QED) is 0.822. The van der Waals surface area contributed by atoms with Crippen molar-refractivity contribution in [3.8, 4) is 5.75 Å². The second-order valence-electron chi connectivity index (χ2n) is 4.99. The van der Waals surface area contributed by atoms with Gasteiger partial charge < -0.3 is 10.1 Å². The Bertz CT molecular complexity index is 360. The molecule has 0 radical (unpaired) electrons. The lowest BCUT2D eigenvalue weighted by Crippen LogP contribution is -2.21. The van der Waals surface area contributed by atoms with Crippen molar-refractivity contribution in [2.24, 2.45) is 5.92 Å². The Kier molecular flexibility index (Phi) is 2.60. The van der Waals surface area contributed by atoms with Crippen molar-refractivity contribution in [3.63, 3.8) is 0 Å². The second kappa shape index (κ2) is 4.10. The topological polar surface area (TPSA) is 21.3 Å². The molecule has 1 aromatic carbocycles. The third kappa shape index (κ3) is 1.61. The van der Waals surface area contributed by atoms with Crippen molar-refractivity contribution >= 4 is 0 Å². The van der Waals surface area contributed by atoms with Gasteiger partial charge in [0.05, 0.1) is 7.11 Å². The zero-order valence-electron chi connectivity index (χ0n) is 9.78. The maximum Gasteiger partial charge on any atom is 0.118 e. The van der Waals surface area contributed by atoms with Crippen LogP contribution >= 0.6 is 0 Å². The Morgan fingerprint density at radius 3 is 2.75 bits per heavy atom. The summed E-state index contributed by atoms with van der Waals surface area (Å²) in [7, 11) is 1.72. The number of fused-ring (bicyclic) bond motifs is 1. The van der Waals surface area contributed by atoms with E-state index in [1.807, 2.05) is 0 Å². The third-order valence-electron chi connectivity index (χ3n) is 4.23. The second-order valence-corrected chi connectivity index (χ2v) is 4.99. The van der Waals surface area contributed by atoms with E-state index in [-0.39, 0.29) is 0 Å². The average molecular weight is 217 g/mol. The van der Waals surface area contributed by atoms with Crippen molar-refractivity contribution in [2.45, 2.75) is 31.2 Å². The highest BCUT2D eigenvalue weighted by Gasteiger charge is 2.39. The molecule has 2 fully saturated rings. The van der Waals surface area contributed by atoms with Crippen LogP contribution in [0, 0.1) is 5.92 Å². The number of hydrogen-bond acceptors (Lipinski definition) is 2. The van der Waals surface area contributed by atoms with Crippen LogP contribution in [0.25, 0.3) is 0 Å². The molecule has 0 unspecified atom stereocenters. The molecule has 3 rings (SSSR count). The Balaban J connectivity index is 1.81. The molecule has 3 atom stereocenters. The van der Waals surface area contributed by atoms with Crippen LogP contribution in [-0.2, 0) is 0 Å². The molecule has 16 heavy (non-hydrogen) atoms. The van der Waals surface area contributed by atoms with Gasteiger partial charge in [-0.05, 0) is 36.5 Å². The van der Waals surface area contributed by atoms with Gasteiger partial charge in [-0.15, -0.1) is 0 Å². The summed E-state index contributed by atoms with van der Waals surface area (Å²) in [6, 6.07) is 9.40. The lowest BCUT2D eigenvalue weighted by Gasteiger charge is -2.17. The van der Waals surface area contributed by atoms with E-state index in [1.165, 1.54) is 24.8 Å². The summed E-state index contributed by atoms with van der Waals surface area (Å²) in [5.74, 6) is 2.55. The van der Waals surface area contributed by atoms with E-state index >= 15 is 0 Å². The Morgan fingerprint density at radius 2 is 2.00 bits per heavy atom. The zero-order chi connectivity index (χ0) is 11.0. The predicted octanol–water partition coefficient (Wildman–Crippen LogP) is 2.55. The van der Waals surface area contributed by atoms with E-state index in [1.54, 1.807) is 7.11 Å². The van der Waals surface area contributed by atoms with Crippen molar-refractivity contribution < 1.29 is 4.74 Å². The van der Waals surface area contributed by atoms with Gasteiger partial charge in [-0.25, -0.2) is 0 Å². The number of rotatable bonds is 2. The van der Waals surface area contributed by atoms with Gasteiger partial charge in [0, 0.05) is 18.5 Å².